The molecule has 7 heteroatoms. The Morgan fingerprint density at radius 2 is 1.86 bits per heavy atom. The number of imidazole rings is 1. The van der Waals surface area contributed by atoms with Gasteiger partial charge in [0.25, 0.3) is 5.91 Å². The van der Waals surface area contributed by atoms with Crippen LogP contribution < -0.4 is 5.32 Å². The predicted octanol–water partition coefficient (Wildman–Crippen LogP) is 4.71. The number of hydrogen-bond acceptors (Lipinski definition) is 4. The van der Waals surface area contributed by atoms with Gasteiger partial charge in [-0.05, 0) is 18.2 Å². The first-order chi connectivity index (χ1) is 13.8. The Morgan fingerprint density at radius 3 is 2.71 bits per heavy atom. The number of aromatic nitrogens is 4. The van der Waals surface area contributed by atoms with Crippen molar-refractivity contribution in [2.45, 2.75) is 0 Å². The van der Waals surface area contributed by atoms with Crippen LogP contribution in [0.15, 0.2) is 78.4 Å². The summed E-state index contributed by atoms with van der Waals surface area (Å²) in [5.41, 5.74) is 4.62. The SMILES string of the molecule is O=C(Nc1cccc(-c2cn3ccsc3n2)c1)c1cc(-c2ccccc2)n[nH]1. The summed E-state index contributed by atoms with van der Waals surface area (Å²) < 4.78 is 1.99. The molecule has 0 unspecified atom stereocenters. The number of nitrogens with one attached hydrogen (secondary N) is 2. The van der Waals surface area contributed by atoms with Crippen LogP contribution in [0.4, 0.5) is 5.69 Å². The van der Waals surface area contributed by atoms with Crippen molar-refractivity contribution < 1.29 is 4.79 Å². The van der Waals surface area contributed by atoms with Crippen molar-refractivity contribution in [3.8, 4) is 22.5 Å². The lowest BCUT2D eigenvalue weighted by Gasteiger charge is -2.05. The lowest BCUT2D eigenvalue weighted by Crippen LogP contribution is -2.12. The smallest absolute Gasteiger partial charge is 0.273 e. The number of nitrogens with zero attached hydrogens (tertiary/aromatic N) is 3. The van der Waals surface area contributed by atoms with Crippen LogP contribution in [0, 0.1) is 0 Å². The van der Waals surface area contributed by atoms with E-state index < -0.39 is 0 Å². The van der Waals surface area contributed by atoms with Crippen molar-refractivity contribution in [1.29, 1.82) is 0 Å². The summed E-state index contributed by atoms with van der Waals surface area (Å²) in [5, 5.41) is 12.0. The van der Waals surface area contributed by atoms with E-state index >= 15 is 0 Å². The monoisotopic (exact) mass is 385 g/mol. The number of fused-ring (bicyclic) bond motifs is 1. The van der Waals surface area contributed by atoms with Crippen LogP contribution in [0.1, 0.15) is 10.5 Å². The second-order valence-corrected chi connectivity index (χ2v) is 7.16. The standard InChI is InChI=1S/C21H15N5OS/c27-20(18-12-17(24-25-18)14-5-2-1-3-6-14)22-16-8-4-7-15(11-16)19-13-26-9-10-28-21(26)23-19/h1-13H,(H,22,27)(H,24,25). The molecule has 0 atom stereocenters. The van der Waals surface area contributed by atoms with Gasteiger partial charge in [0.15, 0.2) is 4.96 Å². The third kappa shape index (κ3) is 3.08. The third-order valence-corrected chi connectivity index (χ3v) is 5.17. The first-order valence-electron chi connectivity index (χ1n) is 8.71. The second-order valence-electron chi connectivity index (χ2n) is 6.29. The van der Waals surface area contributed by atoms with Crippen LogP contribution in [-0.4, -0.2) is 25.5 Å². The molecule has 2 aromatic carbocycles. The topological polar surface area (TPSA) is 75.1 Å². The average Bonchev–Trinajstić information content (AvgIpc) is 3.45. The fourth-order valence-electron chi connectivity index (χ4n) is 3.02. The summed E-state index contributed by atoms with van der Waals surface area (Å²) in [6, 6.07) is 19.1. The number of carbonyl (C=O) groups excluding carboxylic acids is 1. The van der Waals surface area contributed by atoms with Crippen LogP contribution >= 0.6 is 11.3 Å². The van der Waals surface area contributed by atoms with Crippen LogP contribution in [0.25, 0.3) is 27.5 Å². The molecule has 0 aliphatic heterocycles. The lowest BCUT2D eigenvalue weighted by molar-refractivity contribution is 0.102. The summed E-state index contributed by atoms with van der Waals surface area (Å²) in [7, 11) is 0. The van der Waals surface area contributed by atoms with Crippen molar-refractivity contribution in [3.63, 3.8) is 0 Å². The quantitative estimate of drug-likeness (QED) is 0.471. The molecule has 136 valence electrons. The summed E-state index contributed by atoms with van der Waals surface area (Å²) in [5.74, 6) is -0.238. The number of hydrogen-bond donors (Lipinski definition) is 2. The summed E-state index contributed by atoms with van der Waals surface area (Å²) >= 11 is 1.59. The van der Waals surface area contributed by atoms with Crippen LogP contribution in [0.3, 0.4) is 0 Å². The molecule has 0 saturated carbocycles. The highest BCUT2D eigenvalue weighted by Crippen LogP contribution is 2.24. The first-order valence-corrected chi connectivity index (χ1v) is 9.59. The minimum atomic E-state index is -0.238. The van der Waals surface area contributed by atoms with Crippen LogP contribution in [0.5, 0.6) is 0 Å². The predicted molar refractivity (Wildman–Crippen MR) is 110 cm³/mol. The molecule has 1 amide bonds. The number of amides is 1. The highest BCUT2D eigenvalue weighted by Gasteiger charge is 2.12. The zero-order valence-corrected chi connectivity index (χ0v) is 15.5. The van der Waals surface area contributed by atoms with E-state index in [1.807, 2.05) is 76.8 Å². The zero-order valence-electron chi connectivity index (χ0n) is 14.7. The van der Waals surface area contributed by atoms with Gasteiger partial charge in [-0.1, -0.05) is 42.5 Å². The van der Waals surface area contributed by atoms with Gasteiger partial charge in [0.05, 0.1) is 11.4 Å². The minimum absolute atomic E-state index is 0.238. The van der Waals surface area contributed by atoms with Gasteiger partial charge in [0, 0.05) is 34.6 Å². The van der Waals surface area contributed by atoms with Gasteiger partial charge in [-0.25, -0.2) is 4.98 Å². The fourth-order valence-corrected chi connectivity index (χ4v) is 3.72. The molecular weight excluding hydrogens is 370 g/mol. The number of thiazole rings is 1. The molecule has 5 aromatic rings. The molecule has 0 aliphatic carbocycles. The zero-order chi connectivity index (χ0) is 18.9. The molecule has 0 fully saturated rings. The lowest BCUT2D eigenvalue weighted by atomic mass is 10.1. The van der Waals surface area contributed by atoms with Crippen molar-refractivity contribution in [1.82, 2.24) is 19.6 Å². The molecule has 3 aromatic heterocycles. The van der Waals surface area contributed by atoms with E-state index in [0.717, 1.165) is 27.5 Å². The molecule has 2 N–H and O–H groups in total. The van der Waals surface area contributed by atoms with E-state index in [9.17, 15) is 4.79 Å². The Balaban J connectivity index is 1.37. The molecule has 0 bridgehead atoms. The van der Waals surface area contributed by atoms with Gasteiger partial charge in [0.1, 0.15) is 5.69 Å². The summed E-state index contributed by atoms with van der Waals surface area (Å²) in [4.78, 5) is 18.2. The van der Waals surface area contributed by atoms with Crippen molar-refractivity contribution in [2.24, 2.45) is 0 Å². The van der Waals surface area contributed by atoms with Gasteiger partial charge in [0.2, 0.25) is 0 Å². The molecular formula is C21H15N5OS. The van der Waals surface area contributed by atoms with Gasteiger partial charge < -0.3 is 5.32 Å². The number of anilines is 1. The number of carbonyl (C=O) groups is 1. The molecule has 6 nitrogen and oxygen atoms in total. The fraction of sp³-hybridized carbons (Fsp3) is 0. The second kappa shape index (κ2) is 6.79. The Labute approximate surface area is 164 Å². The van der Waals surface area contributed by atoms with E-state index in [1.165, 1.54) is 0 Å². The van der Waals surface area contributed by atoms with E-state index in [0.29, 0.717) is 11.4 Å². The molecule has 0 aliphatic rings. The van der Waals surface area contributed by atoms with Gasteiger partial charge in [-0.3, -0.25) is 14.3 Å². The molecule has 5 rings (SSSR count). The number of aromatic amines is 1. The van der Waals surface area contributed by atoms with Crippen molar-refractivity contribution in [3.05, 3.63) is 84.1 Å². The normalized spacial score (nSPS) is 11.0. The summed E-state index contributed by atoms with van der Waals surface area (Å²) in [6.45, 7) is 0. The number of benzene rings is 2. The van der Waals surface area contributed by atoms with Crippen molar-refractivity contribution >= 4 is 27.9 Å². The van der Waals surface area contributed by atoms with Gasteiger partial charge >= 0.3 is 0 Å². The Morgan fingerprint density at radius 1 is 1.00 bits per heavy atom. The minimum Gasteiger partial charge on any atom is -0.321 e. The van der Waals surface area contributed by atoms with E-state index in [-0.39, 0.29) is 5.91 Å². The van der Waals surface area contributed by atoms with Gasteiger partial charge in [-0.15, -0.1) is 11.3 Å². The highest BCUT2D eigenvalue weighted by atomic mass is 32.1. The maximum absolute atomic E-state index is 12.6. The van der Waals surface area contributed by atoms with Crippen molar-refractivity contribution in [2.75, 3.05) is 5.32 Å². The van der Waals surface area contributed by atoms with Gasteiger partial charge in [-0.2, -0.15) is 5.10 Å². The maximum atomic E-state index is 12.6. The number of rotatable bonds is 4. The van der Waals surface area contributed by atoms with Crippen LogP contribution in [0.2, 0.25) is 0 Å². The molecule has 28 heavy (non-hydrogen) atoms. The van der Waals surface area contributed by atoms with E-state index in [2.05, 4.69) is 20.5 Å². The number of H-pyrrole nitrogens is 1. The average molecular weight is 385 g/mol. The molecule has 0 spiro atoms. The van der Waals surface area contributed by atoms with Crippen LogP contribution in [-0.2, 0) is 0 Å². The van der Waals surface area contributed by atoms with E-state index in [4.69, 9.17) is 0 Å². The summed E-state index contributed by atoms with van der Waals surface area (Å²) in [6.07, 6.45) is 3.96. The Kier molecular flexibility index (Phi) is 3.99. The Hall–Kier alpha value is -3.71. The third-order valence-electron chi connectivity index (χ3n) is 4.40. The molecule has 0 radical (unpaired) electrons. The molecule has 0 saturated heterocycles. The maximum Gasteiger partial charge on any atom is 0.273 e. The molecule has 3 heterocycles. The highest BCUT2D eigenvalue weighted by molar-refractivity contribution is 7.15. The Bertz CT molecular complexity index is 1240. The largest absolute Gasteiger partial charge is 0.321 e. The van der Waals surface area contributed by atoms with E-state index in [1.54, 1.807) is 17.4 Å². The first kappa shape index (κ1) is 16.5.